The molecule has 2 nitrogen and oxygen atoms in total. The summed E-state index contributed by atoms with van der Waals surface area (Å²) in [6, 6.07) is 2.99. The van der Waals surface area contributed by atoms with E-state index < -0.39 is 5.82 Å². The molecule has 0 aliphatic heterocycles. The summed E-state index contributed by atoms with van der Waals surface area (Å²) in [4.78, 5) is 0. The minimum Gasteiger partial charge on any atom is -0.271 e. The zero-order chi connectivity index (χ0) is 8.72. The standard InChI is InChI=1S/C7H3ClFIN2/c8-5-4(9)2-1-3-6(5)11-12-7(3)10/h1-2H,(H,11,12). The first kappa shape index (κ1) is 8.25. The second kappa shape index (κ2) is 2.85. The third-order valence-corrected chi connectivity index (χ3v) is 2.75. The largest absolute Gasteiger partial charge is 0.271 e. The maximum atomic E-state index is 12.9. The van der Waals surface area contributed by atoms with Crippen LogP contribution in [0.25, 0.3) is 10.9 Å². The number of aromatic amines is 1. The van der Waals surface area contributed by atoms with Gasteiger partial charge in [-0.3, -0.25) is 5.10 Å². The van der Waals surface area contributed by atoms with Gasteiger partial charge >= 0.3 is 0 Å². The van der Waals surface area contributed by atoms with Crippen LogP contribution in [0.5, 0.6) is 0 Å². The predicted octanol–water partition coefficient (Wildman–Crippen LogP) is 2.96. The molecular formula is C7H3ClFIN2. The Morgan fingerprint density at radius 3 is 3.00 bits per heavy atom. The number of hydrogen-bond acceptors (Lipinski definition) is 1. The Labute approximate surface area is 86.2 Å². The summed E-state index contributed by atoms with van der Waals surface area (Å²) in [5.74, 6) is -0.438. The average Bonchev–Trinajstić information content (AvgIpc) is 2.41. The van der Waals surface area contributed by atoms with Gasteiger partial charge in [-0.25, -0.2) is 4.39 Å². The predicted molar refractivity (Wildman–Crippen MR) is 53.8 cm³/mol. The zero-order valence-electron chi connectivity index (χ0n) is 5.74. The Morgan fingerprint density at radius 1 is 1.50 bits per heavy atom. The van der Waals surface area contributed by atoms with E-state index in [1.807, 2.05) is 0 Å². The molecule has 1 heterocycles. The van der Waals surface area contributed by atoms with Crippen molar-refractivity contribution in [2.75, 3.05) is 0 Å². The minimum atomic E-state index is -0.438. The number of nitrogens with one attached hydrogen (secondary N) is 1. The van der Waals surface area contributed by atoms with E-state index in [0.717, 1.165) is 9.09 Å². The zero-order valence-corrected chi connectivity index (χ0v) is 8.65. The molecule has 0 fully saturated rings. The molecule has 2 aromatic rings. The SMILES string of the molecule is Fc1ccc2c(I)[nH]nc2c1Cl. The Kier molecular flexibility index (Phi) is 1.96. The molecule has 1 aromatic heterocycles. The number of fused-ring (bicyclic) bond motifs is 1. The van der Waals surface area contributed by atoms with Gasteiger partial charge < -0.3 is 0 Å². The normalized spacial score (nSPS) is 10.9. The monoisotopic (exact) mass is 296 g/mol. The molecule has 0 atom stereocenters. The molecule has 62 valence electrons. The van der Waals surface area contributed by atoms with Crippen LogP contribution in [-0.2, 0) is 0 Å². The lowest BCUT2D eigenvalue weighted by molar-refractivity contribution is 0.630. The molecule has 12 heavy (non-hydrogen) atoms. The third kappa shape index (κ3) is 1.09. The van der Waals surface area contributed by atoms with Gasteiger partial charge in [-0.1, -0.05) is 11.6 Å². The van der Waals surface area contributed by atoms with E-state index >= 15 is 0 Å². The van der Waals surface area contributed by atoms with E-state index in [4.69, 9.17) is 11.6 Å². The molecule has 0 aliphatic carbocycles. The molecule has 0 aliphatic rings. The quantitative estimate of drug-likeness (QED) is 0.744. The van der Waals surface area contributed by atoms with Gasteiger partial charge in [0, 0.05) is 5.39 Å². The van der Waals surface area contributed by atoms with Gasteiger partial charge in [0.25, 0.3) is 0 Å². The molecule has 0 saturated heterocycles. The minimum absolute atomic E-state index is 0.0756. The topological polar surface area (TPSA) is 28.7 Å². The Bertz CT molecular complexity index is 440. The van der Waals surface area contributed by atoms with Gasteiger partial charge in [-0.15, -0.1) is 0 Å². The fraction of sp³-hybridized carbons (Fsp3) is 0. The van der Waals surface area contributed by atoms with Gasteiger partial charge in [0.1, 0.15) is 20.1 Å². The van der Waals surface area contributed by atoms with Crippen LogP contribution in [0.1, 0.15) is 0 Å². The molecule has 1 N–H and O–H groups in total. The maximum Gasteiger partial charge on any atom is 0.144 e. The Hall–Kier alpha value is -0.360. The number of halogens is 3. The number of aromatic nitrogens is 2. The lowest BCUT2D eigenvalue weighted by Gasteiger charge is -1.93. The van der Waals surface area contributed by atoms with Gasteiger partial charge in [-0.2, -0.15) is 5.10 Å². The highest BCUT2D eigenvalue weighted by atomic mass is 127. The fourth-order valence-electron chi connectivity index (χ4n) is 0.992. The summed E-state index contributed by atoms with van der Waals surface area (Å²) in [7, 11) is 0. The highest BCUT2D eigenvalue weighted by molar-refractivity contribution is 14.1. The van der Waals surface area contributed by atoms with Crippen LogP contribution in [0.4, 0.5) is 4.39 Å². The first-order chi connectivity index (χ1) is 5.70. The number of nitrogens with zero attached hydrogens (tertiary/aromatic N) is 1. The van der Waals surface area contributed by atoms with E-state index in [0.29, 0.717) is 5.52 Å². The highest BCUT2D eigenvalue weighted by Crippen LogP contribution is 2.26. The van der Waals surface area contributed by atoms with Crippen molar-refractivity contribution in [3.05, 3.63) is 26.7 Å². The maximum absolute atomic E-state index is 12.9. The summed E-state index contributed by atoms with van der Waals surface area (Å²) in [5, 5.41) is 7.53. The van der Waals surface area contributed by atoms with E-state index in [1.54, 1.807) is 6.07 Å². The van der Waals surface area contributed by atoms with Crippen molar-refractivity contribution in [3.63, 3.8) is 0 Å². The van der Waals surface area contributed by atoms with Crippen molar-refractivity contribution in [1.29, 1.82) is 0 Å². The number of H-pyrrole nitrogens is 1. The summed E-state index contributed by atoms with van der Waals surface area (Å²) >= 11 is 7.76. The Morgan fingerprint density at radius 2 is 2.25 bits per heavy atom. The van der Waals surface area contributed by atoms with Crippen LogP contribution < -0.4 is 0 Å². The molecule has 0 bridgehead atoms. The molecule has 0 radical (unpaired) electrons. The molecular weight excluding hydrogens is 293 g/mol. The smallest absolute Gasteiger partial charge is 0.144 e. The third-order valence-electron chi connectivity index (χ3n) is 1.57. The first-order valence-electron chi connectivity index (χ1n) is 3.17. The van der Waals surface area contributed by atoms with Crippen LogP contribution in [0.15, 0.2) is 12.1 Å². The fourth-order valence-corrected chi connectivity index (χ4v) is 1.75. The summed E-state index contributed by atoms with van der Waals surface area (Å²) < 4.78 is 13.7. The van der Waals surface area contributed by atoms with Gasteiger partial charge in [0.15, 0.2) is 0 Å². The van der Waals surface area contributed by atoms with E-state index in [9.17, 15) is 4.39 Å². The molecule has 0 saturated carbocycles. The van der Waals surface area contributed by atoms with Gasteiger partial charge in [0.2, 0.25) is 0 Å². The second-order valence-corrected chi connectivity index (χ2v) is 3.75. The first-order valence-corrected chi connectivity index (χ1v) is 4.63. The summed E-state index contributed by atoms with van der Waals surface area (Å²) in [6.07, 6.45) is 0. The molecule has 1 aromatic carbocycles. The van der Waals surface area contributed by atoms with Crippen molar-refractivity contribution < 1.29 is 4.39 Å². The molecule has 2 rings (SSSR count). The lowest BCUT2D eigenvalue weighted by atomic mass is 10.2. The number of rotatable bonds is 0. The van der Waals surface area contributed by atoms with Crippen molar-refractivity contribution in [3.8, 4) is 0 Å². The Balaban J connectivity index is 2.93. The van der Waals surface area contributed by atoms with E-state index in [2.05, 4.69) is 32.8 Å². The average molecular weight is 296 g/mol. The van der Waals surface area contributed by atoms with Crippen molar-refractivity contribution >= 4 is 45.1 Å². The van der Waals surface area contributed by atoms with Gasteiger partial charge in [-0.05, 0) is 34.7 Å². The van der Waals surface area contributed by atoms with E-state index in [-0.39, 0.29) is 5.02 Å². The van der Waals surface area contributed by atoms with Crippen LogP contribution >= 0.6 is 34.2 Å². The van der Waals surface area contributed by atoms with Crippen molar-refractivity contribution in [2.24, 2.45) is 0 Å². The number of benzene rings is 1. The van der Waals surface area contributed by atoms with Crippen molar-refractivity contribution in [1.82, 2.24) is 10.2 Å². The molecule has 5 heteroatoms. The molecule has 0 spiro atoms. The highest BCUT2D eigenvalue weighted by Gasteiger charge is 2.09. The van der Waals surface area contributed by atoms with Crippen LogP contribution in [0.2, 0.25) is 5.02 Å². The van der Waals surface area contributed by atoms with Gasteiger partial charge in [0.05, 0.1) is 0 Å². The molecule has 0 amide bonds. The van der Waals surface area contributed by atoms with Crippen LogP contribution in [-0.4, -0.2) is 10.2 Å². The van der Waals surface area contributed by atoms with E-state index in [1.165, 1.54) is 6.07 Å². The van der Waals surface area contributed by atoms with Crippen LogP contribution in [0.3, 0.4) is 0 Å². The van der Waals surface area contributed by atoms with Crippen LogP contribution in [0, 0.1) is 9.52 Å². The number of hydrogen-bond donors (Lipinski definition) is 1. The van der Waals surface area contributed by atoms with Crippen molar-refractivity contribution in [2.45, 2.75) is 0 Å². The summed E-state index contributed by atoms with van der Waals surface area (Å²) in [5.41, 5.74) is 0.487. The summed E-state index contributed by atoms with van der Waals surface area (Å²) in [6.45, 7) is 0. The molecule has 0 unspecified atom stereocenters. The second-order valence-electron chi connectivity index (χ2n) is 2.30. The lowest BCUT2D eigenvalue weighted by Crippen LogP contribution is -1.77.